The van der Waals surface area contributed by atoms with E-state index in [1.807, 2.05) is 22.9 Å². The number of benzene rings is 2. The topological polar surface area (TPSA) is 68.5 Å². The monoisotopic (exact) mass is 498 g/mol. The van der Waals surface area contributed by atoms with E-state index in [1.54, 1.807) is 14.2 Å². The minimum absolute atomic E-state index is 0.127. The molecule has 0 amide bonds. The van der Waals surface area contributed by atoms with Gasteiger partial charge in [-0.15, -0.1) is 5.10 Å². The molecule has 2 aromatic carbocycles. The summed E-state index contributed by atoms with van der Waals surface area (Å²) in [5, 5.41) is 13.8. The number of hydrogen-bond acceptors (Lipinski definition) is 7. The van der Waals surface area contributed by atoms with Crippen LogP contribution in [0, 0.1) is 6.92 Å². The molecule has 3 aromatic rings. The van der Waals surface area contributed by atoms with Crippen molar-refractivity contribution in [1.82, 2.24) is 25.1 Å². The number of rotatable bonds is 8. The lowest BCUT2D eigenvalue weighted by atomic mass is 9.98. The predicted molar refractivity (Wildman–Crippen MR) is 139 cm³/mol. The van der Waals surface area contributed by atoms with E-state index >= 15 is 0 Å². The Balaban J connectivity index is 1.70. The van der Waals surface area contributed by atoms with Crippen molar-refractivity contribution in [3.05, 3.63) is 58.4 Å². The molecule has 4 rings (SSSR count). The van der Waals surface area contributed by atoms with Crippen molar-refractivity contribution in [1.29, 1.82) is 0 Å². The first-order valence-electron chi connectivity index (χ1n) is 12.0. The molecule has 0 aliphatic carbocycles. The van der Waals surface area contributed by atoms with Crippen molar-refractivity contribution in [2.24, 2.45) is 0 Å². The maximum atomic E-state index is 6.31. The average Bonchev–Trinajstić information content (AvgIpc) is 3.36. The van der Waals surface area contributed by atoms with Crippen LogP contribution in [-0.2, 0) is 5.54 Å². The Bertz CT molecular complexity index is 1160. The number of tetrazole rings is 1. The van der Waals surface area contributed by atoms with Gasteiger partial charge in [0.1, 0.15) is 0 Å². The summed E-state index contributed by atoms with van der Waals surface area (Å²) >= 11 is 6.31. The maximum absolute atomic E-state index is 6.31. The fourth-order valence-corrected chi connectivity index (χ4v) is 4.80. The Morgan fingerprint density at radius 1 is 1.00 bits per heavy atom. The van der Waals surface area contributed by atoms with E-state index in [4.69, 9.17) is 21.1 Å². The summed E-state index contributed by atoms with van der Waals surface area (Å²) in [7, 11) is 3.31. The molecule has 1 aliphatic heterocycles. The SMILES string of the molecule is CCC(C)(C)n1nnnc1C(c1ccc(OC)c(OC)c1)N1CCN(c2cc(Cl)ccc2C)CC1. The second-order valence-corrected chi connectivity index (χ2v) is 10.0. The second-order valence-electron chi connectivity index (χ2n) is 9.59. The van der Waals surface area contributed by atoms with Crippen molar-refractivity contribution in [3.8, 4) is 11.5 Å². The zero-order valence-corrected chi connectivity index (χ0v) is 22.2. The van der Waals surface area contributed by atoms with Gasteiger partial charge in [0.05, 0.1) is 25.8 Å². The van der Waals surface area contributed by atoms with Crippen molar-refractivity contribution in [3.63, 3.8) is 0 Å². The molecule has 1 aromatic heterocycles. The number of aromatic nitrogens is 4. The van der Waals surface area contributed by atoms with Gasteiger partial charge in [0, 0.05) is 36.9 Å². The van der Waals surface area contributed by atoms with E-state index in [-0.39, 0.29) is 11.6 Å². The molecule has 1 atom stereocenters. The highest BCUT2D eigenvalue weighted by Gasteiger charge is 2.34. The lowest BCUT2D eigenvalue weighted by molar-refractivity contribution is 0.187. The standard InChI is InChI=1S/C26H35ClN6O2/c1-7-26(3,4)33-25(28-29-30-33)24(19-9-11-22(34-5)23(16-19)35-6)32-14-12-31(13-15-32)21-17-20(27)10-8-18(21)2/h8-11,16-17,24H,7,12-15H2,1-6H3. The molecule has 0 saturated carbocycles. The first-order chi connectivity index (χ1) is 16.8. The van der Waals surface area contributed by atoms with E-state index in [1.165, 1.54) is 11.3 Å². The average molecular weight is 499 g/mol. The highest BCUT2D eigenvalue weighted by atomic mass is 35.5. The number of aryl methyl sites for hydroxylation is 1. The van der Waals surface area contributed by atoms with E-state index in [2.05, 4.69) is 71.2 Å². The number of methoxy groups -OCH3 is 2. The number of piperazine rings is 1. The summed E-state index contributed by atoms with van der Waals surface area (Å²) in [5.41, 5.74) is 3.27. The molecule has 35 heavy (non-hydrogen) atoms. The number of ether oxygens (including phenoxy) is 2. The molecular formula is C26H35ClN6O2. The number of halogens is 1. The molecule has 1 unspecified atom stereocenters. The van der Waals surface area contributed by atoms with Crippen LogP contribution in [-0.4, -0.2) is 65.5 Å². The third-order valence-corrected chi connectivity index (χ3v) is 7.33. The smallest absolute Gasteiger partial charge is 0.173 e. The minimum atomic E-state index is -0.215. The fraction of sp³-hybridized carbons (Fsp3) is 0.500. The molecule has 0 bridgehead atoms. The Labute approximate surface area is 212 Å². The second kappa shape index (κ2) is 10.4. The minimum Gasteiger partial charge on any atom is -0.493 e. The molecule has 2 heterocycles. The molecule has 0 radical (unpaired) electrons. The predicted octanol–water partition coefficient (Wildman–Crippen LogP) is 4.71. The van der Waals surface area contributed by atoms with Gasteiger partial charge in [-0.1, -0.05) is 30.7 Å². The largest absolute Gasteiger partial charge is 0.493 e. The Hall–Kier alpha value is -2.84. The highest BCUT2D eigenvalue weighted by molar-refractivity contribution is 6.30. The lowest BCUT2D eigenvalue weighted by Gasteiger charge is -2.41. The summed E-state index contributed by atoms with van der Waals surface area (Å²) in [5.74, 6) is 2.22. The number of anilines is 1. The normalized spacial score (nSPS) is 15.8. The van der Waals surface area contributed by atoms with Crippen molar-refractivity contribution in [2.45, 2.75) is 45.7 Å². The molecule has 0 N–H and O–H groups in total. The van der Waals surface area contributed by atoms with Crippen LogP contribution in [0.2, 0.25) is 5.02 Å². The Morgan fingerprint density at radius 2 is 1.71 bits per heavy atom. The molecule has 1 aliphatic rings. The van der Waals surface area contributed by atoms with Crippen LogP contribution in [0.1, 0.15) is 50.2 Å². The van der Waals surface area contributed by atoms with Crippen molar-refractivity contribution < 1.29 is 9.47 Å². The first kappa shape index (κ1) is 25.3. The van der Waals surface area contributed by atoms with Crippen molar-refractivity contribution >= 4 is 17.3 Å². The number of hydrogen-bond donors (Lipinski definition) is 0. The van der Waals surface area contributed by atoms with Gasteiger partial charge in [-0.2, -0.15) is 0 Å². The highest BCUT2D eigenvalue weighted by Crippen LogP contribution is 2.37. The molecule has 0 spiro atoms. The van der Waals surface area contributed by atoms with Gasteiger partial charge in [0.15, 0.2) is 17.3 Å². The van der Waals surface area contributed by atoms with Gasteiger partial charge in [0.25, 0.3) is 0 Å². The molecular weight excluding hydrogens is 464 g/mol. The van der Waals surface area contributed by atoms with Gasteiger partial charge in [-0.25, -0.2) is 4.68 Å². The van der Waals surface area contributed by atoms with Gasteiger partial charge in [-0.05, 0) is 73.0 Å². The summed E-state index contributed by atoms with van der Waals surface area (Å²) in [6.45, 7) is 12.1. The zero-order chi connectivity index (χ0) is 25.2. The Kier molecular flexibility index (Phi) is 7.52. The summed E-state index contributed by atoms with van der Waals surface area (Å²) in [4.78, 5) is 4.86. The molecule has 1 fully saturated rings. The van der Waals surface area contributed by atoms with Crippen LogP contribution in [0.3, 0.4) is 0 Å². The lowest BCUT2D eigenvalue weighted by Crippen LogP contribution is -2.49. The molecule has 8 nitrogen and oxygen atoms in total. The van der Waals surface area contributed by atoms with Crippen LogP contribution in [0.25, 0.3) is 0 Å². The summed E-state index contributed by atoms with van der Waals surface area (Å²) in [6, 6.07) is 12.0. The quantitative estimate of drug-likeness (QED) is 0.445. The summed E-state index contributed by atoms with van der Waals surface area (Å²) < 4.78 is 13.1. The molecule has 9 heteroatoms. The van der Waals surface area contributed by atoms with Crippen LogP contribution in [0.5, 0.6) is 11.5 Å². The van der Waals surface area contributed by atoms with E-state index in [0.29, 0.717) is 11.5 Å². The number of nitrogens with zero attached hydrogens (tertiary/aromatic N) is 6. The van der Waals surface area contributed by atoms with Gasteiger partial charge in [0.2, 0.25) is 0 Å². The third kappa shape index (κ3) is 5.09. The van der Waals surface area contributed by atoms with E-state index in [9.17, 15) is 0 Å². The van der Waals surface area contributed by atoms with Crippen LogP contribution < -0.4 is 14.4 Å². The third-order valence-electron chi connectivity index (χ3n) is 7.09. The molecule has 1 saturated heterocycles. The van der Waals surface area contributed by atoms with Gasteiger partial charge < -0.3 is 14.4 Å². The van der Waals surface area contributed by atoms with Gasteiger partial charge >= 0.3 is 0 Å². The van der Waals surface area contributed by atoms with E-state index in [0.717, 1.165) is 49.0 Å². The van der Waals surface area contributed by atoms with Crippen LogP contribution >= 0.6 is 11.6 Å². The fourth-order valence-electron chi connectivity index (χ4n) is 4.64. The first-order valence-corrected chi connectivity index (χ1v) is 12.4. The van der Waals surface area contributed by atoms with Gasteiger partial charge in [-0.3, -0.25) is 4.90 Å². The Morgan fingerprint density at radius 3 is 2.37 bits per heavy atom. The van der Waals surface area contributed by atoms with Crippen LogP contribution in [0.4, 0.5) is 5.69 Å². The van der Waals surface area contributed by atoms with E-state index < -0.39 is 0 Å². The summed E-state index contributed by atoms with van der Waals surface area (Å²) in [6.07, 6.45) is 0.908. The maximum Gasteiger partial charge on any atom is 0.173 e. The zero-order valence-electron chi connectivity index (χ0n) is 21.5. The van der Waals surface area contributed by atoms with Crippen LogP contribution in [0.15, 0.2) is 36.4 Å². The van der Waals surface area contributed by atoms with Crippen molar-refractivity contribution in [2.75, 3.05) is 45.3 Å². The molecule has 188 valence electrons.